The first-order valence-electron chi connectivity index (χ1n) is 2.41. The molecule has 0 rings (SSSR count). The average molecular weight is 136 g/mol. The average Bonchev–Trinajstić information content (AvgIpc) is 1.63. The maximum absolute atomic E-state index is 11.3. The second kappa shape index (κ2) is 3.33. The van der Waals surface area contributed by atoms with E-state index in [0.717, 1.165) is 6.08 Å². The smallest absolute Gasteiger partial charge is 0.167 e. The van der Waals surface area contributed by atoms with E-state index in [9.17, 15) is 13.2 Å². The van der Waals surface area contributed by atoms with Gasteiger partial charge in [0, 0.05) is 6.08 Å². The van der Waals surface area contributed by atoms with Crippen molar-refractivity contribution in [3.63, 3.8) is 0 Å². The third-order valence-corrected chi connectivity index (χ3v) is 0.610. The summed E-state index contributed by atoms with van der Waals surface area (Å²) in [5.41, 5.74) is 0. The second-order valence-electron chi connectivity index (χ2n) is 1.47. The molecule has 0 aromatic carbocycles. The van der Waals surface area contributed by atoms with Gasteiger partial charge in [0.05, 0.1) is 0 Å². The number of halogens is 3. The zero-order valence-corrected chi connectivity index (χ0v) is 4.78. The normalized spacial score (nSPS) is 12.3. The summed E-state index contributed by atoms with van der Waals surface area (Å²) < 4.78 is 33.8. The van der Waals surface area contributed by atoms with Gasteiger partial charge in [-0.1, -0.05) is 12.2 Å². The summed E-state index contributed by atoms with van der Waals surface area (Å²) in [4.78, 5) is 0. The summed E-state index contributed by atoms with van der Waals surface area (Å²) in [6.07, 6.45) is -1.29. The van der Waals surface area contributed by atoms with Crippen LogP contribution in [0.3, 0.4) is 0 Å². The van der Waals surface area contributed by atoms with Crippen molar-refractivity contribution < 1.29 is 13.2 Å². The fraction of sp³-hybridized carbons (Fsp3) is 0.333. The van der Waals surface area contributed by atoms with Crippen molar-refractivity contribution >= 4 is 0 Å². The zero-order chi connectivity index (χ0) is 7.33. The van der Waals surface area contributed by atoms with Crippen LogP contribution in [-0.2, 0) is 0 Å². The van der Waals surface area contributed by atoms with E-state index in [0.29, 0.717) is 0 Å². The van der Waals surface area contributed by atoms with Crippen LogP contribution < -0.4 is 0 Å². The summed E-state index contributed by atoms with van der Waals surface area (Å²) in [5, 5.41) is 0. The van der Waals surface area contributed by atoms with Gasteiger partial charge < -0.3 is 0 Å². The third kappa shape index (κ3) is 7.27. The lowest BCUT2D eigenvalue weighted by atomic mass is 10.4. The molecule has 0 aliphatic heterocycles. The lowest BCUT2D eigenvalue weighted by molar-refractivity contribution is -0.0799. The third-order valence-electron chi connectivity index (χ3n) is 0.610. The number of hydrogen-bond acceptors (Lipinski definition) is 0. The molecule has 0 aromatic rings. The van der Waals surface area contributed by atoms with Crippen LogP contribution in [0.4, 0.5) is 13.2 Å². The van der Waals surface area contributed by atoms with E-state index in [-0.39, 0.29) is 12.5 Å². The van der Waals surface area contributed by atoms with Crippen molar-refractivity contribution in [3.05, 3.63) is 24.8 Å². The summed E-state index contributed by atoms with van der Waals surface area (Å²) in [7, 11) is 0. The van der Waals surface area contributed by atoms with E-state index >= 15 is 0 Å². The van der Waals surface area contributed by atoms with Gasteiger partial charge in [0.1, 0.15) is 0 Å². The number of rotatable bonds is 2. The Morgan fingerprint density at radius 1 is 1.33 bits per heavy atom. The molecular weight excluding hydrogens is 129 g/mol. The van der Waals surface area contributed by atoms with Crippen LogP contribution in [0.2, 0.25) is 0 Å². The van der Waals surface area contributed by atoms with E-state index in [1.165, 1.54) is 6.08 Å². The van der Waals surface area contributed by atoms with Crippen molar-refractivity contribution in [1.29, 1.82) is 0 Å². The minimum absolute atomic E-state index is 0.203. The van der Waals surface area contributed by atoms with Gasteiger partial charge in [0.15, 0.2) is 0 Å². The number of allylic oxidation sites excluding steroid dienone is 3. The minimum Gasteiger partial charge on any atom is -0.167 e. The molecule has 0 amide bonds. The molecule has 0 radical (unpaired) electrons. The van der Waals surface area contributed by atoms with Crippen molar-refractivity contribution in [3.8, 4) is 0 Å². The summed E-state index contributed by atoms with van der Waals surface area (Å²) >= 11 is 0. The highest BCUT2D eigenvalue weighted by Gasteiger charge is 2.21. The first-order valence-corrected chi connectivity index (χ1v) is 2.41. The van der Waals surface area contributed by atoms with Gasteiger partial charge in [0.25, 0.3) is 0 Å². The van der Waals surface area contributed by atoms with Crippen LogP contribution in [0.15, 0.2) is 24.8 Å². The Hall–Kier alpha value is -0.730. The van der Waals surface area contributed by atoms with E-state index in [4.69, 9.17) is 0 Å². The Balaban J connectivity index is 3.57. The van der Waals surface area contributed by atoms with Gasteiger partial charge in [-0.25, -0.2) is 0 Å². The molecule has 9 heavy (non-hydrogen) atoms. The van der Waals surface area contributed by atoms with Gasteiger partial charge in [0.2, 0.25) is 0 Å². The highest BCUT2D eigenvalue weighted by atomic mass is 19.4. The number of alkyl halides is 3. The van der Waals surface area contributed by atoms with Crippen molar-refractivity contribution in [2.24, 2.45) is 0 Å². The highest BCUT2D eigenvalue weighted by molar-refractivity contribution is 4.92. The van der Waals surface area contributed by atoms with Gasteiger partial charge in [-0.2, -0.15) is 13.2 Å². The first kappa shape index (κ1) is 8.27. The second-order valence-corrected chi connectivity index (χ2v) is 1.47. The molecule has 0 unspecified atom stereocenters. The lowest BCUT2D eigenvalue weighted by Gasteiger charge is -1.94. The van der Waals surface area contributed by atoms with Crippen LogP contribution in [-0.4, -0.2) is 6.18 Å². The molecular formula is C6H7F3. The summed E-state index contributed by atoms with van der Waals surface area (Å²) in [6.45, 7) is 3.26. The summed E-state index contributed by atoms with van der Waals surface area (Å²) in [6, 6.07) is 0. The number of hydrogen-bond donors (Lipinski definition) is 0. The molecule has 0 fully saturated rings. The van der Waals surface area contributed by atoms with E-state index in [1.807, 2.05) is 0 Å². The molecule has 3 heteroatoms. The fourth-order valence-electron chi connectivity index (χ4n) is 0.298. The van der Waals surface area contributed by atoms with E-state index in [1.54, 1.807) is 0 Å². The van der Waals surface area contributed by atoms with Crippen molar-refractivity contribution in [2.45, 2.75) is 12.6 Å². The molecule has 0 bridgehead atoms. The Morgan fingerprint density at radius 3 is 2.22 bits per heavy atom. The highest BCUT2D eigenvalue weighted by Crippen LogP contribution is 2.15. The predicted octanol–water partition coefficient (Wildman–Crippen LogP) is 2.68. The van der Waals surface area contributed by atoms with Gasteiger partial charge in [-0.15, -0.1) is 6.58 Å². The van der Waals surface area contributed by atoms with Crippen LogP contribution in [0.1, 0.15) is 6.42 Å². The summed E-state index contributed by atoms with van der Waals surface area (Å²) in [5.74, 6) is 0. The Kier molecular flexibility index (Phi) is 3.06. The van der Waals surface area contributed by atoms with Crippen LogP contribution in [0, 0.1) is 0 Å². The van der Waals surface area contributed by atoms with E-state index in [2.05, 4.69) is 6.58 Å². The first-order chi connectivity index (χ1) is 4.06. The molecule has 0 aromatic heterocycles. The zero-order valence-electron chi connectivity index (χ0n) is 4.78. The van der Waals surface area contributed by atoms with Crippen LogP contribution in [0.25, 0.3) is 0 Å². The van der Waals surface area contributed by atoms with Crippen LogP contribution in [0.5, 0.6) is 0 Å². The predicted molar refractivity (Wildman–Crippen MR) is 30.0 cm³/mol. The standard InChI is InChI=1S/C6H7F3/c1-2-3-4-5-6(7,8)9/h2,4-5H,1,3H2. The monoisotopic (exact) mass is 136 g/mol. The van der Waals surface area contributed by atoms with Crippen LogP contribution >= 0.6 is 0 Å². The molecule has 0 atom stereocenters. The fourth-order valence-corrected chi connectivity index (χ4v) is 0.298. The minimum atomic E-state index is -4.18. The Bertz CT molecular complexity index is 110. The lowest BCUT2D eigenvalue weighted by Crippen LogP contribution is -1.99. The van der Waals surface area contributed by atoms with Crippen molar-refractivity contribution in [1.82, 2.24) is 0 Å². The molecule has 0 N–H and O–H groups in total. The molecule has 0 spiro atoms. The van der Waals surface area contributed by atoms with Gasteiger partial charge >= 0.3 is 6.18 Å². The van der Waals surface area contributed by atoms with E-state index < -0.39 is 6.18 Å². The molecule has 0 heterocycles. The molecule has 0 aliphatic rings. The van der Waals surface area contributed by atoms with Crippen molar-refractivity contribution in [2.75, 3.05) is 0 Å². The molecule has 0 saturated heterocycles. The van der Waals surface area contributed by atoms with Gasteiger partial charge in [-0.3, -0.25) is 0 Å². The molecule has 0 aliphatic carbocycles. The van der Waals surface area contributed by atoms with Gasteiger partial charge in [-0.05, 0) is 6.42 Å². The largest absolute Gasteiger partial charge is 0.409 e. The molecule has 0 nitrogen and oxygen atoms in total. The molecule has 0 saturated carbocycles. The SMILES string of the molecule is C=CCC=CC(F)(F)F. The molecule has 52 valence electrons. The quantitative estimate of drug-likeness (QED) is 0.512. The maximum Gasteiger partial charge on any atom is 0.409 e. The Labute approximate surface area is 51.7 Å². The topological polar surface area (TPSA) is 0 Å². The Morgan fingerprint density at radius 2 is 1.89 bits per heavy atom. The maximum atomic E-state index is 11.3.